The molecule has 2 heterocycles. The van der Waals surface area contributed by atoms with Gasteiger partial charge in [-0.1, -0.05) is 50.2 Å². The van der Waals surface area contributed by atoms with Crippen molar-refractivity contribution in [1.82, 2.24) is 5.32 Å². The van der Waals surface area contributed by atoms with E-state index in [1.165, 1.54) is 11.3 Å². The Hall–Kier alpha value is -2.57. The predicted molar refractivity (Wildman–Crippen MR) is 129 cm³/mol. The summed E-state index contributed by atoms with van der Waals surface area (Å²) in [6, 6.07) is 15.3. The fraction of sp³-hybridized carbons (Fsp3) is 0.423. The van der Waals surface area contributed by atoms with Gasteiger partial charge in [0.05, 0.1) is 20.1 Å². The molecule has 3 radical (unpaired) electrons. The van der Waals surface area contributed by atoms with Gasteiger partial charge in [0, 0.05) is 34.4 Å². The summed E-state index contributed by atoms with van der Waals surface area (Å²) in [7, 11) is 5.12. The first-order valence-electron chi connectivity index (χ1n) is 11.2. The second kappa shape index (κ2) is 9.12. The lowest BCUT2D eigenvalue weighted by Crippen LogP contribution is -2.51. The van der Waals surface area contributed by atoms with Gasteiger partial charge in [-0.3, -0.25) is 4.79 Å². The lowest BCUT2D eigenvalue weighted by molar-refractivity contribution is -0.120. The quantitative estimate of drug-likeness (QED) is 0.493. The molecule has 1 unspecified atom stereocenters. The maximum Gasteiger partial charge on any atom is 0.224 e. The van der Waals surface area contributed by atoms with E-state index in [1.807, 2.05) is 24.3 Å². The number of hydrogen-bond acceptors (Lipinski definition) is 4. The third-order valence-electron chi connectivity index (χ3n) is 6.62. The zero-order valence-corrected chi connectivity index (χ0v) is 20.1. The summed E-state index contributed by atoms with van der Waals surface area (Å²) >= 11 is 0. The van der Waals surface area contributed by atoms with Crippen molar-refractivity contribution in [2.24, 2.45) is 0 Å². The van der Waals surface area contributed by atoms with Crippen LogP contribution in [0.5, 0.6) is 5.75 Å². The van der Waals surface area contributed by atoms with Crippen LogP contribution in [0.4, 0.5) is 5.69 Å². The summed E-state index contributed by atoms with van der Waals surface area (Å²) in [5.74, 6) is 0.906. The number of fused-ring (bicyclic) bond motifs is 3. The molecule has 0 saturated carbocycles. The summed E-state index contributed by atoms with van der Waals surface area (Å²) in [6.45, 7) is 6.69. The molecule has 5 nitrogen and oxygen atoms in total. The molecule has 1 saturated heterocycles. The van der Waals surface area contributed by atoms with E-state index in [1.54, 1.807) is 7.11 Å². The third-order valence-corrected chi connectivity index (χ3v) is 6.97. The topological polar surface area (TPSA) is 50.8 Å². The molecule has 2 aromatic rings. The molecule has 6 heteroatoms. The van der Waals surface area contributed by atoms with Crippen molar-refractivity contribution in [2.45, 2.75) is 43.9 Å². The largest absolute Gasteiger partial charge is 0.497 e. The Morgan fingerprint density at radius 2 is 2.03 bits per heavy atom. The zero-order chi connectivity index (χ0) is 22.8. The second-order valence-corrected chi connectivity index (χ2v) is 9.41. The van der Waals surface area contributed by atoms with Crippen molar-refractivity contribution >= 4 is 27.9 Å². The standard InChI is InChI=1S/C26H31N2O3Si/c1-25(2)22-17-20(18-24(29)27-13-4-16-32)7-10-23(22)28-14-15-31-26(25,28)12-11-19-5-8-21(30-3)9-6-19/h5-12,17H,4,13-16,18H2,1-3H3,(H,27,29)/b12-11+. The fourth-order valence-electron chi connectivity index (χ4n) is 4.81. The van der Waals surface area contributed by atoms with E-state index in [9.17, 15) is 4.79 Å². The van der Waals surface area contributed by atoms with Gasteiger partial charge in [0.1, 0.15) is 5.75 Å². The van der Waals surface area contributed by atoms with Crippen molar-refractivity contribution < 1.29 is 14.3 Å². The van der Waals surface area contributed by atoms with Gasteiger partial charge in [0.2, 0.25) is 5.91 Å². The van der Waals surface area contributed by atoms with E-state index in [0.29, 0.717) is 19.6 Å². The lowest BCUT2D eigenvalue weighted by Gasteiger charge is -2.39. The van der Waals surface area contributed by atoms with Crippen LogP contribution in [-0.2, 0) is 21.4 Å². The molecule has 0 aliphatic carbocycles. The van der Waals surface area contributed by atoms with Gasteiger partial charge in [-0.05, 0) is 47.4 Å². The highest BCUT2D eigenvalue weighted by atomic mass is 28.1. The summed E-state index contributed by atoms with van der Waals surface area (Å²) in [4.78, 5) is 14.7. The number of anilines is 1. The fourth-order valence-corrected chi connectivity index (χ4v) is 4.99. The number of carbonyl (C=O) groups excluding carboxylic acids is 1. The van der Waals surface area contributed by atoms with Crippen LogP contribution in [-0.4, -0.2) is 48.7 Å². The first-order chi connectivity index (χ1) is 15.4. The molecular formula is C26H31N2O3Si. The van der Waals surface area contributed by atoms with E-state index in [4.69, 9.17) is 9.47 Å². The summed E-state index contributed by atoms with van der Waals surface area (Å²) < 4.78 is 11.7. The molecule has 0 spiro atoms. The first-order valence-corrected chi connectivity index (χ1v) is 11.9. The van der Waals surface area contributed by atoms with Gasteiger partial charge in [-0.25, -0.2) is 0 Å². The van der Waals surface area contributed by atoms with Gasteiger partial charge < -0.3 is 19.7 Å². The maximum atomic E-state index is 12.3. The summed E-state index contributed by atoms with van der Waals surface area (Å²) in [5.41, 5.74) is 3.72. The van der Waals surface area contributed by atoms with Crippen molar-refractivity contribution in [3.05, 3.63) is 65.2 Å². The molecule has 1 fully saturated rings. The molecule has 1 amide bonds. The predicted octanol–water partition coefficient (Wildman–Crippen LogP) is 3.87. The lowest BCUT2D eigenvalue weighted by atomic mass is 9.76. The number of amides is 1. The first kappa shape index (κ1) is 22.6. The molecule has 2 aliphatic heterocycles. The molecular weight excluding hydrogens is 416 g/mol. The average Bonchev–Trinajstić information content (AvgIpc) is 3.30. The Balaban J connectivity index is 1.60. The van der Waals surface area contributed by atoms with Gasteiger partial charge in [-0.15, -0.1) is 0 Å². The van der Waals surface area contributed by atoms with Gasteiger partial charge in [0.25, 0.3) is 0 Å². The molecule has 0 aromatic heterocycles. The number of rotatable bonds is 8. The Bertz CT molecular complexity index is 1000. The molecule has 32 heavy (non-hydrogen) atoms. The minimum absolute atomic E-state index is 0.0618. The van der Waals surface area contributed by atoms with Crippen LogP contribution >= 0.6 is 0 Å². The molecule has 4 rings (SSSR count). The van der Waals surface area contributed by atoms with Crippen LogP contribution in [0.15, 0.2) is 48.5 Å². The van der Waals surface area contributed by atoms with Gasteiger partial charge in [0.15, 0.2) is 5.72 Å². The van der Waals surface area contributed by atoms with E-state index in [2.05, 4.69) is 64.7 Å². The highest BCUT2D eigenvalue weighted by molar-refractivity contribution is 6.08. The maximum absolute atomic E-state index is 12.3. The van der Waals surface area contributed by atoms with Gasteiger partial charge in [-0.2, -0.15) is 0 Å². The van der Waals surface area contributed by atoms with Crippen molar-refractivity contribution in [1.29, 1.82) is 0 Å². The highest BCUT2D eigenvalue weighted by Gasteiger charge is 2.59. The van der Waals surface area contributed by atoms with Crippen LogP contribution < -0.4 is 15.0 Å². The number of hydrogen-bond donors (Lipinski definition) is 1. The molecule has 2 aliphatic rings. The van der Waals surface area contributed by atoms with Crippen LogP contribution in [0.25, 0.3) is 6.08 Å². The third kappa shape index (κ3) is 3.97. The average molecular weight is 448 g/mol. The second-order valence-electron chi connectivity index (χ2n) is 8.91. The molecule has 0 bridgehead atoms. The number of nitrogens with one attached hydrogen (secondary N) is 1. The summed E-state index contributed by atoms with van der Waals surface area (Å²) in [5, 5.41) is 2.99. The monoisotopic (exact) mass is 447 g/mol. The summed E-state index contributed by atoms with van der Waals surface area (Å²) in [6.07, 6.45) is 5.63. The molecule has 167 valence electrons. The van der Waals surface area contributed by atoms with E-state index >= 15 is 0 Å². The number of carbonyl (C=O) groups is 1. The van der Waals surface area contributed by atoms with Crippen molar-refractivity contribution in [3.63, 3.8) is 0 Å². The Labute approximate surface area is 194 Å². The smallest absolute Gasteiger partial charge is 0.224 e. The Morgan fingerprint density at radius 3 is 2.75 bits per heavy atom. The van der Waals surface area contributed by atoms with Crippen LogP contribution in [0.2, 0.25) is 6.04 Å². The zero-order valence-electron chi connectivity index (χ0n) is 19.1. The number of benzene rings is 2. The van der Waals surface area contributed by atoms with Crippen LogP contribution in [0, 0.1) is 0 Å². The molecule has 1 N–H and O–H groups in total. The SMILES string of the molecule is COc1ccc(/C=C/C23OCCN2c2ccc(CC(=O)NCCC[Si])cc2C3(C)C)cc1. The minimum atomic E-state index is -0.550. The van der Waals surface area contributed by atoms with E-state index < -0.39 is 5.72 Å². The van der Waals surface area contributed by atoms with Gasteiger partial charge >= 0.3 is 0 Å². The number of methoxy groups -OCH3 is 1. The normalized spacial score (nSPS) is 20.9. The minimum Gasteiger partial charge on any atom is -0.497 e. The van der Waals surface area contributed by atoms with Crippen molar-refractivity contribution in [3.8, 4) is 5.75 Å². The van der Waals surface area contributed by atoms with E-state index in [-0.39, 0.29) is 11.3 Å². The number of nitrogens with zero attached hydrogens (tertiary/aromatic N) is 1. The Kier molecular flexibility index (Phi) is 6.44. The molecule has 2 aromatic carbocycles. The Morgan fingerprint density at radius 1 is 1.25 bits per heavy atom. The highest BCUT2D eigenvalue weighted by Crippen LogP contribution is 2.55. The van der Waals surface area contributed by atoms with Crippen LogP contribution in [0.1, 0.15) is 37.0 Å². The van der Waals surface area contributed by atoms with E-state index in [0.717, 1.165) is 35.9 Å². The molecule has 1 atom stereocenters. The van der Waals surface area contributed by atoms with Crippen LogP contribution in [0.3, 0.4) is 0 Å². The number of ether oxygens (including phenoxy) is 2. The van der Waals surface area contributed by atoms with Crippen molar-refractivity contribution in [2.75, 3.05) is 31.7 Å².